The van der Waals surface area contributed by atoms with E-state index in [-0.39, 0.29) is 25.0 Å². The van der Waals surface area contributed by atoms with E-state index < -0.39 is 11.6 Å². The largest absolute Gasteiger partial charge is 0.494 e. The Morgan fingerprint density at radius 1 is 1.15 bits per heavy atom. The molecule has 2 aliphatic rings. The van der Waals surface area contributed by atoms with Gasteiger partial charge in [0.2, 0.25) is 5.90 Å². The van der Waals surface area contributed by atoms with E-state index >= 15 is 0 Å². The van der Waals surface area contributed by atoms with Crippen LogP contribution in [0.5, 0.6) is 5.75 Å². The van der Waals surface area contributed by atoms with Crippen LogP contribution in [0, 0.1) is 0 Å². The van der Waals surface area contributed by atoms with E-state index in [0.717, 1.165) is 22.9 Å². The second-order valence-electron chi connectivity index (χ2n) is 9.68. The minimum absolute atomic E-state index is 0.0573. The van der Waals surface area contributed by atoms with E-state index in [1.165, 1.54) is 0 Å². The second-order valence-corrected chi connectivity index (χ2v) is 10.5. The third-order valence-corrected chi connectivity index (χ3v) is 7.51. The third-order valence-electron chi connectivity index (χ3n) is 6.79. The van der Waals surface area contributed by atoms with Crippen molar-refractivity contribution < 1.29 is 19.4 Å². The number of azide groups is 1. The summed E-state index contributed by atoms with van der Waals surface area (Å²) in [5, 5.41) is 12.9. The van der Waals surface area contributed by atoms with Crippen LogP contribution in [0.2, 0.25) is 0 Å². The summed E-state index contributed by atoms with van der Waals surface area (Å²) in [5.74, 6) is 0.611. The van der Waals surface area contributed by atoms with Crippen LogP contribution >= 0.6 is 15.9 Å². The number of carbonyl (C=O) groups is 1. The Morgan fingerprint density at radius 3 is 2.62 bits per heavy atom. The van der Waals surface area contributed by atoms with E-state index in [1.807, 2.05) is 48.5 Å². The highest BCUT2D eigenvalue weighted by molar-refractivity contribution is 9.10. The molecular formula is C29H29BrN6O4. The normalized spacial score (nSPS) is 19.8. The Labute approximate surface area is 240 Å². The van der Waals surface area contributed by atoms with Gasteiger partial charge in [-0.05, 0) is 54.3 Å². The van der Waals surface area contributed by atoms with Crippen molar-refractivity contribution in [3.8, 4) is 5.75 Å². The number of halogens is 1. The Hall–Kier alpha value is -3.89. The number of aliphatic imine (C=N–C) groups is 1. The van der Waals surface area contributed by atoms with Crippen molar-refractivity contribution >= 4 is 33.4 Å². The number of hydrogen-bond donors (Lipinski definition) is 3. The average molecular weight is 605 g/mol. The highest BCUT2D eigenvalue weighted by Crippen LogP contribution is 2.45. The first-order valence-corrected chi connectivity index (χ1v) is 13.9. The third kappa shape index (κ3) is 6.13. The molecule has 1 heterocycles. The molecule has 0 bridgehead atoms. The summed E-state index contributed by atoms with van der Waals surface area (Å²) in [6.45, 7) is 0.459. The maximum atomic E-state index is 14.1. The molecule has 0 saturated heterocycles. The summed E-state index contributed by atoms with van der Waals surface area (Å²) < 4.78 is 13.0. The fraction of sp³-hybridized carbons (Fsp3) is 0.310. The number of aliphatic hydroxyl groups is 1. The molecule has 3 aromatic carbocycles. The first-order valence-electron chi connectivity index (χ1n) is 13.1. The van der Waals surface area contributed by atoms with Gasteiger partial charge in [-0.25, -0.2) is 10.4 Å². The number of nitrogens with one attached hydrogen (secondary N) is 2. The standard InChI is InChI=1S/C29H29BrN6O4/c30-24-8-3-2-7-23(24)26-29(28(38)35-33-21-12-13-21,18-20-6-1-4-9-25(20)34-36-31)32-27(40-26)19-10-14-22(15-11-19)39-17-5-16-37/h1-4,6-11,14-15,21,26,33,37H,5,12-13,16-18H2,(H,35,38)/t26-,29-/m0/s1. The lowest BCUT2D eigenvalue weighted by Crippen LogP contribution is -2.54. The van der Waals surface area contributed by atoms with Crippen molar-refractivity contribution in [2.75, 3.05) is 13.2 Å². The van der Waals surface area contributed by atoms with Crippen molar-refractivity contribution in [2.24, 2.45) is 10.1 Å². The number of rotatable bonds is 12. The molecule has 0 unspecified atom stereocenters. The number of nitrogens with zero attached hydrogens (tertiary/aromatic N) is 4. The molecule has 0 aromatic heterocycles. The molecule has 1 aliphatic carbocycles. The van der Waals surface area contributed by atoms with Crippen LogP contribution in [0.3, 0.4) is 0 Å². The topological polar surface area (TPSA) is 141 Å². The van der Waals surface area contributed by atoms with E-state index in [0.29, 0.717) is 41.5 Å². The number of hydrogen-bond acceptors (Lipinski definition) is 7. The summed E-state index contributed by atoms with van der Waals surface area (Å²) in [6, 6.07) is 22.2. The number of hydrazine groups is 1. The summed E-state index contributed by atoms with van der Waals surface area (Å²) in [6.07, 6.45) is 1.84. The van der Waals surface area contributed by atoms with Gasteiger partial charge in [-0.1, -0.05) is 63.5 Å². The second kappa shape index (κ2) is 12.5. The van der Waals surface area contributed by atoms with E-state index in [2.05, 4.69) is 36.8 Å². The van der Waals surface area contributed by atoms with Crippen molar-refractivity contribution in [3.63, 3.8) is 0 Å². The number of amides is 1. The SMILES string of the molecule is [N-]=[N+]=Nc1ccccc1C[C@]1(C(=O)NNC2CC2)N=C(c2ccc(OCCCO)cc2)O[C@H]1c1ccccc1Br. The van der Waals surface area contributed by atoms with Gasteiger partial charge in [-0.15, -0.1) is 0 Å². The summed E-state index contributed by atoms with van der Waals surface area (Å²) in [5.41, 5.74) is 16.3. The van der Waals surface area contributed by atoms with Crippen molar-refractivity contribution in [2.45, 2.75) is 43.4 Å². The van der Waals surface area contributed by atoms with Crippen LogP contribution in [0.15, 0.2) is 87.4 Å². The lowest BCUT2D eigenvalue weighted by molar-refractivity contribution is -0.130. The number of benzene rings is 3. The lowest BCUT2D eigenvalue weighted by atomic mass is 9.81. The predicted molar refractivity (Wildman–Crippen MR) is 154 cm³/mol. The molecule has 40 heavy (non-hydrogen) atoms. The quantitative estimate of drug-likeness (QED) is 0.0830. The maximum Gasteiger partial charge on any atom is 0.266 e. The fourth-order valence-corrected chi connectivity index (χ4v) is 5.04. The fourth-order valence-electron chi connectivity index (χ4n) is 4.55. The molecule has 1 aliphatic heterocycles. The monoisotopic (exact) mass is 604 g/mol. The first kappa shape index (κ1) is 27.7. The molecule has 5 rings (SSSR count). The zero-order chi connectivity index (χ0) is 28.0. The van der Waals surface area contributed by atoms with Crippen LogP contribution in [0.1, 0.15) is 42.1 Å². The van der Waals surface area contributed by atoms with Crippen molar-refractivity contribution in [1.82, 2.24) is 10.9 Å². The Kier molecular flexibility index (Phi) is 8.66. The smallest absolute Gasteiger partial charge is 0.266 e. The van der Waals surface area contributed by atoms with Gasteiger partial charge in [0.15, 0.2) is 11.6 Å². The molecule has 10 nitrogen and oxygen atoms in total. The van der Waals surface area contributed by atoms with Crippen LogP contribution in [0.25, 0.3) is 10.4 Å². The van der Waals surface area contributed by atoms with Crippen molar-refractivity contribution in [1.29, 1.82) is 0 Å². The molecular weight excluding hydrogens is 576 g/mol. The van der Waals surface area contributed by atoms with E-state index in [1.54, 1.807) is 24.3 Å². The Balaban J connectivity index is 1.59. The van der Waals surface area contributed by atoms with Crippen LogP contribution in [-0.4, -0.2) is 41.7 Å². The molecule has 1 amide bonds. The number of aliphatic hydroxyl groups excluding tert-OH is 1. The van der Waals surface area contributed by atoms with Gasteiger partial charge in [-0.2, -0.15) is 0 Å². The van der Waals surface area contributed by atoms with Gasteiger partial charge < -0.3 is 14.6 Å². The first-order chi connectivity index (χ1) is 19.5. The van der Waals surface area contributed by atoms with Gasteiger partial charge in [0.1, 0.15) is 5.75 Å². The molecule has 1 fully saturated rings. The molecule has 3 aromatic rings. The maximum absolute atomic E-state index is 14.1. The van der Waals surface area contributed by atoms with Gasteiger partial charge >= 0.3 is 0 Å². The molecule has 206 valence electrons. The number of carbonyl (C=O) groups excluding carboxylic acids is 1. The number of ether oxygens (including phenoxy) is 2. The summed E-state index contributed by atoms with van der Waals surface area (Å²) >= 11 is 3.64. The molecule has 3 N–H and O–H groups in total. The molecule has 11 heteroatoms. The minimum atomic E-state index is -1.43. The van der Waals surface area contributed by atoms with E-state index in [9.17, 15) is 4.79 Å². The zero-order valence-corrected chi connectivity index (χ0v) is 23.3. The van der Waals surface area contributed by atoms with Gasteiger partial charge in [0.25, 0.3) is 5.91 Å². The molecule has 0 spiro atoms. The predicted octanol–water partition coefficient (Wildman–Crippen LogP) is 5.43. The van der Waals surface area contributed by atoms with E-state index in [4.69, 9.17) is 25.1 Å². The lowest BCUT2D eigenvalue weighted by Gasteiger charge is -2.31. The molecule has 0 radical (unpaired) electrons. The average Bonchev–Trinajstić information content (AvgIpc) is 3.73. The van der Waals surface area contributed by atoms with Crippen LogP contribution < -0.4 is 15.6 Å². The van der Waals surface area contributed by atoms with Crippen LogP contribution in [0.4, 0.5) is 5.69 Å². The summed E-state index contributed by atoms with van der Waals surface area (Å²) in [7, 11) is 0. The van der Waals surface area contributed by atoms with Gasteiger partial charge in [0.05, 0.1) is 6.61 Å². The highest BCUT2D eigenvalue weighted by atomic mass is 79.9. The molecule has 1 saturated carbocycles. The minimum Gasteiger partial charge on any atom is -0.494 e. The van der Waals surface area contributed by atoms with Gasteiger partial charge in [-0.3, -0.25) is 10.2 Å². The van der Waals surface area contributed by atoms with Crippen LogP contribution in [-0.2, 0) is 16.0 Å². The summed E-state index contributed by atoms with van der Waals surface area (Å²) in [4.78, 5) is 22.1. The van der Waals surface area contributed by atoms with Crippen molar-refractivity contribution in [3.05, 3.63) is 104 Å². The Morgan fingerprint density at radius 2 is 1.90 bits per heavy atom. The zero-order valence-electron chi connectivity index (χ0n) is 21.7. The molecule has 2 atom stereocenters. The Bertz CT molecular complexity index is 1440. The highest BCUT2D eigenvalue weighted by Gasteiger charge is 2.54. The van der Waals surface area contributed by atoms with Gasteiger partial charge in [0, 0.05) is 51.7 Å².